The zero-order valence-electron chi connectivity index (χ0n) is 16.3. The molecule has 1 unspecified atom stereocenters. The highest BCUT2D eigenvalue weighted by Gasteiger charge is 2.27. The highest BCUT2D eigenvalue weighted by Crippen LogP contribution is 2.14. The minimum absolute atomic E-state index is 0.114. The van der Waals surface area contributed by atoms with Crippen LogP contribution in [0.5, 0.6) is 0 Å². The average molecular weight is 370 g/mol. The summed E-state index contributed by atoms with van der Waals surface area (Å²) in [6, 6.07) is 13.3. The lowest BCUT2D eigenvalue weighted by Crippen LogP contribution is -2.48. The van der Waals surface area contributed by atoms with E-state index in [-0.39, 0.29) is 30.1 Å². The molecule has 2 rings (SSSR count). The third-order valence-corrected chi connectivity index (χ3v) is 4.48. The maximum absolute atomic E-state index is 13.1. The molecule has 1 N–H and O–H groups in total. The van der Waals surface area contributed by atoms with Crippen LogP contribution in [0.15, 0.2) is 48.5 Å². The van der Waals surface area contributed by atoms with Crippen molar-refractivity contribution in [3.05, 3.63) is 71.0 Å². The molecule has 0 aliphatic carbocycles. The van der Waals surface area contributed by atoms with E-state index in [1.54, 1.807) is 37.8 Å². The number of nitrogens with one attached hydrogen (secondary N) is 1. The Kier molecular flexibility index (Phi) is 7.11. The first-order valence-electron chi connectivity index (χ1n) is 9.16. The summed E-state index contributed by atoms with van der Waals surface area (Å²) in [7, 11) is 0. The molecule has 0 aromatic heterocycles. The highest BCUT2D eigenvalue weighted by atomic mass is 19.1. The van der Waals surface area contributed by atoms with Gasteiger partial charge in [0, 0.05) is 19.0 Å². The second-order valence-corrected chi connectivity index (χ2v) is 7.13. The van der Waals surface area contributed by atoms with Crippen molar-refractivity contribution in [2.24, 2.45) is 5.92 Å². The lowest BCUT2D eigenvalue weighted by molar-refractivity contribution is -0.143. The molecule has 27 heavy (non-hydrogen) atoms. The van der Waals surface area contributed by atoms with E-state index >= 15 is 0 Å². The summed E-state index contributed by atoms with van der Waals surface area (Å²) in [4.78, 5) is 26.8. The molecule has 0 spiro atoms. The van der Waals surface area contributed by atoms with Crippen molar-refractivity contribution in [1.82, 2.24) is 10.2 Å². The van der Waals surface area contributed by atoms with E-state index in [2.05, 4.69) is 5.32 Å². The Morgan fingerprint density at radius 1 is 0.963 bits per heavy atom. The second kappa shape index (κ2) is 9.31. The molecule has 0 aliphatic rings. The van der Waals surface area contributed by atoms with Gasteiger partial charge in [0.15, 0.2) is 0 Å². The van der Waals surface area contributed by atoms with Crippen LogP contribution < -0.4 is 5.32 Å². The van der Waals surface area contributed by atoms with Crippen molar-refractivity contribution in [1.29, 1.82) is 0 Å². The Bertz CT molecular complexity index is 770. The molecule has 2 aromatic carbocycles. The first kappa shape index (κ1) is 20.6. The normalized spacial score (nSPS) is 11.9. The number of nitrogens with zero attached hydrogens (tertiary/aromatic N) is 1. The second-order valence-electron chi connectivity index (χ2n) is 7.13. The van der Waals surface area contributed by atoms with E-state index < -0.39 is 6.04 Å². The van der Waals surface area contributed by atoms with Crippen molar-refractivity contribution >= 4 is 11.8 Å². The molecular weight excluding hydrogens is 343 g/mol. The fraction of sp³-hybridized carbons (Fsp3) is 0.364. The quantitative estimate of drug-likeness (QED) is 0.805. The van der Waals surface area contributed by atoms with Gasteiger partial charge in [-0.25, -0.2) is 4.39 Å². The third-order valence-electron chi connectivity index (χ3n) is 4.48. The number of aryl methyl sites for hydroxylation is 1. The molecule has 2 aromatic rings. The molecular formula is C22H27FN2O2. The van der Waals surface area contributed by atoms with E-state index in [9.17, 15) is 14.0 Å². The highest BCUT2D eigenvalue weighted by molar-refractivity contribution is 5.88. The minimum Gasteiger partial charge on any atom is -0.350 e. The molecule has 0 bridgehead atoms. The van der Waals surface area contributed by atoms with Gasteiger partial charge in [-0.3, -0.25) is 9.59 Å². The van der Waals surface area contributed by atoms with Crippen LogP contribution in [0.2, 0.25) is 0 Å². The Balaban J connectivity index is 2.08. The summed E-state index contributed by atoms with van der Waals surface area (Å²) in [6.07, 6.45) is 0. The van der Waals surface area contributed by atoms with Gasteiger partial charge in [-0.1, -0.05) is 55.8 Å². The summed E-state index contributed by atoms with van der Waals surface area (Å²) in [5.41, 5.74) is 2.94. The van der Waals surface area contributed by atoms with Gasteiger partial charge >= 0.3 is 0 Å². The van der Waals surface area contributed by atoms with Crippen LogP contribution in [-0.4, -0.2) is 22.8 Å². The number of benzene rings is 2. The van der Waals surface area contributed by atoms with Crippen LogP contribution in [0.4, 0.5) is 4.39 Å². The molecule has 0 radical (unpaired) electrons. The summed E-state index contributed by atoms with van der Waals surface area (Å²) in [6.45, 7) is 8.00. The molecule has 1 atom stereocenters. The summed E-state index contributed by atoms with van der Waals surface area (Å²) < 4.78 is 13.1. The number of rotatable bonds is 7. The third kappa shape index (κ3) is 5.91. The van der Waals surface area contributed by atoms with E-state index in [1.165, 1.54) is 12.1 Å². The molecule has 0 heterocycles. The molecule has 0 saturated heterocycles. The zero-order chi connectivity index (χ0) is 20.0. The van der Waals surface area contributed by atoms with Crippen molar-refractivity contribution in [2.75, 3.05) is 0 Å². The predicted octanol–water partition coefficient (Wildman–Crippen LogP) is 3.82. The molecule has 4 nitrogen and oxygen atoms in total. The van der Waals surface area contributed by atoms with Gasteiger partial charge in [-0.05, 0) is 37.1 Å². The maximum Gasteiger partial charge on any atom is 0.242 e. The standard InChI is InChI=1S/C22H27FN2O2/c1-15(2)22(27)25(14-19-9-11-20(23)12-10-19)17(4)21(26)24-13-18-7-5-16(3)6-8-18/h5-12,15,17H,13-14H2,1-4H3,(H,24,26). The van der Waals surface area contributed by atoms with Gasteiger partial charge in [0.2, 0.25) is 11.8 Å². The Morgan fingerprint density at radius 2 is 1.52 bits per heavy atom. The first-order chi connectivity index (χ1) is 12.8. The predicted molar refractivity (Wildman–Crippen MR) is 104 cm³/mol. The van der Waals surface area contributed by atoms with Crippen molar-refractivity contribution in [3.63, 3.8) is 0 Å². The fourth-order valence-corrected chi connectivity index (χ4v) is 2.71. The Labute approximate surface area is 160 Å². The molecule has 0 saturated carbocycles. The number of amides is 2. The number of halogens is 1. The van der Waals surface area contributed by atoms with Crippen LogP contribution in [0.3, 0.4) is 0 Å². The molecule has 2 amide bonds. The maximum atomic E-state index is 13.1. The van der Waals surface area contributed by atoms with Crippen LogP contribution in [0.25, 0.3) is 0 Å². The smallest absolute Gasteiger partial charge is 0.242 e. The van der Waals surface area contributed by atoms with E-state index in [4.69, 9.17) is 0 Å². The zero-order valence-corrected chi connectivity index (χ0v) is 16.3. The van der Waals surface area contributed by atoms with E-state index in [0.717, 1.165) is 16.7 Å². The molecule has 0 aliphatic heterocycles. The lowest BCUT2D eigenvalue weighted by atomic mass is 10.1. The van der Waals surface area contributed by atoms with Crippen LogP contribution in [0, 0.1) is 18.7 Å². The van der Waals surface area contributed by atoms with Crippen molar-refractivity contribution in [2.45, 2.75) is 46.8 Å². The molecule has 0 fully saturated rings. The van der Waals surface area contributed by atoms with Crippen molar-refractivity contribution < 1.29 is 14.0 Å². The fourth-order valence-electron chi connectivity index (χ4n) is 2.71. The largest absolute Gasteiger partial charge is 0.350 e. The van der Waals surface area contributed by atoms with Crippen LogP contribution in [-0.2, 0) is 22.7 Å². The van der Waals surface area contributed by atoms with Gasteiger partial charge < -0.3 is 10.2 Å². The Morgan fingerprint density at radius 3 is 2.07 bits per heavy atom. The number of hydrogen-bond donors (Lipinski definition) is 1. The van der Waals surface area contributed by atoms with E-state index in [0.29, 0.717) is 6.54 Å². The van der Waals surface area contributed by atoms with Gasteiger partial charge in [0.05, 0.1) is 0 Å². The lowest BCUT2D eigenvalue weighted by Gasteiger charge is -2.30. The summed E-state index contributed by atoms with van der Waals surface area (Å²) >= 11 is 0. The molecule has 5 heteroatoms. The van der Waals surface area contributed by atoms with Crippen molar-refractivity contribution in [3.8, 4) is 0 Å². The van der Waals surface area contributed by atoms with Crippen LogP contribution in [0.1, 0.15) is 37.5 Å². The number of hydrogen-bond acceptors (Lipinski definition) is 2. The number of carbonyl (C=O) groups excluding carboxylic acids is 2. The number of carbonyl (C=O) groups is 2. The summed E-state index contributed by atoms with van der Waals surface area (Å²) in [5.74, 6) is -0.897. The topological polar surface area (TPSA) is 49.4 Å². The summed E-state index contributed by atoms with van der Waals surface area (Å²) in [5, 5.41) is 2.89. The first-order valence-corrected chi connectivity index (χ1v) is 9.16. The Hall–Kier alpha value is -2.69. The van der Waals surface area contributed by atoms with Gasteiger partial charge in [-0.15, -0.1) is 0 Å². The minimum atomic E-state index is -0.629. The average Bonchev–Trinajstić information content (AvgIpc) is 2.65. The molecule has 144 valence electrons. The SMILES string of the molecule is Cc1ccc(CNC(=O)C(C)N(Cc2ccc(F)cc2)C(=O)C(C)C)cc1. The van der Waals surface area contributed by atoms with Gasteiger partial charge in [0.25, 0.3) is 0 Å². The van der Waals surface area contributed by atoms with Gasteiger partial charge in [-0.2, -0.15) is 0 Å². The monoisotopic (exact) mass is 370 g/mol. The van der Waals surface area contributed by atoms with Gasteiger partial charge in [0.1, 0.15) is 11.9 Å². The van der Waals surface area contributed by atoms with Crippen LogP contribution >= 0.6 is 0 Å². The van der Waals surface area contributed by atoms with E-state index in [1.807, 2.05) is 31.2 Å².